The first-order chi connectivity index (χ1) is 14.6. The minimum atomic E-state index is 0.0959. The molecule has 1 fully saturated rings. The molecule has 3 aromatic rings. The molecule has 0 unspecified atom stereocenters. The van der Waals surface area contributed by atoms with Gasteiger partial charge in [-0.2, -0.15) is 0 Å². The van der Waals surface area contributed by atoms with Crippen molar-refractivity contribution in [3.8, 4) is 0 Å². The van der Waals surface area contributed by atoms with E-state index in [9.17, 15) is 9.59 Å². The summed E-state index contributed by atoms with van der Waals surface area (Å²) in [5.74, 6) is 1.12. The minimum absolute atomic E-state index is 0.0959. The number of para-hydroxylation sites is 2. The highest BCUT2D eigenvalue weighted by atomic mass is 16.2. The number of carbonyl (C=O) groups is 2. The van der Waals surface area contributed by atoms with Crippen molar-refractivity contribution in [1.29, 1.82) is 0 Å². The van der Waals surface area contributed by atoms with Crippen molar-refractivity contribution in [2.75, 3.05) is 31.1 Å². The molecular formula is C24H26N4O2. The molecule has 0 aliphatic carbocycles. The molecule has 1 aromatic heterocycles. The molecule has 0 bridgehead atoms. The van der Waals surface area contributed by atoms with Crippen LogP contribution >= 0.6 is 0 Å². The van der Waals surface area contributed by atoms with Gasteiger partial charge in [-0.25, -0.2) is 9.97 Å². The Kier molecular flexibility index (Phi) is 6.02. The van der Waals surface area contributed by atoms with Gasteiger partial charge in [0.1, 0.15) is 0 Å². The number of amides is 1. The Morgan fingerprint density at radius 2 is 1.47 bits per heavy atom. The van der Waals surface area contributed by atoms with Crippen LogP contribution in [-0.2, 0) is 4.79 Å². The fraction of sp³-hybridized carbons (Fsp3) is 0.333. The standard InChI is InChI=1S/C24H26N4O2/c1-18-24(26-21-11-6-5-10-20(21)25-18)28-16-14-27(15-17-28)23(30)13-7-12-22(29)19-8-3-2-4-9-19/h2-6,8-11H,7,12-17H2,1H3. The van der Waals surface area contributed by atoms with Gasteiger partial charge in [0.2, 0.25) is 5.91 Å². The normalized spacial score (nSPS) is 14.2. The van der Waals surface area contributed by atoms with E-state index in [0.29, 0.717) is 37.9 Å². The second kappa shape index (κ2) is 9.03. The number of aryl methyl sites for hydroxylation is 1. The first-order valence-electron chi connectivity index (χ1n) is 10.5. The average Bonchev–Trinajstić information content (AvgIpc) is 2.79. The number of hydrogen-bond donors (Lipinski definition) is 0. The summed E-state index contributed by atoms with van der Waals surface area (Å²) in [6, 6.07) is 17.1. The van der Waals surface area contributed by atoms with Crippen molar-refractivity contribution in [3.63, 3.8) is 0 Å². The van der Waals surface area contributed by atoms with Gasteiger partial charge >= 0.3 is 0 Å². The van der Waals surface area contributed by atoms with Gasteiger partial charge < -0.3 is 9.80 Å². The van der Waals surface area contributed by atoms with Crippen molar-refractivity contribution < 1.29 is 9.59 Å². The van der Waals surface area contributed by atoms with Crippen molar-refractivity contribution in [1.82, 2.24) is 14.9 Å². The topological polar surface area (TPSA) is 66.4 Å². The summed E-state index contributed by atoms with van der Waals surface area (Å²) in [6.45, 7) is 4.79. The van der Waals surface area contributed by atoms with Crippen LogP contribution in [0.4, 0.5) is 5.82 Å². The van der Waals surface area contributed by atoms with E-state index in [2.05, 4.69) is 9.88 Å². The maximum atomic E-state index is 12.6. The smallest absolute Gasteiger partial charge is 0.222 e. The van der Waals surface area contributed by atoms with Crippen molar-refractivity contribution in [2.45, 2.75) is 26.2 Å². The largest absolute Gasteiger partial charge is 0.352 e. The summed E-state index contributed by atoms with van der Waals surface area (Å²) >= 11 is 0. The van der Waals surface area contributed by atoms with Crippen LogP contribution in [0.2, 0.25) is 0 Å². The van der Waals surface area contributed by atoms with E-state index in [1.807, 2.05) is 66.4 Å². The maximum absolute atomic E-state index is 12.6. The molecule has 0 spiro atoms. The highest BCUT2D eigenvalue weighted by Gasteiger charge is 2.23. The number of piperazine rings is 1. The number of hydrogen-bond acceptors (Lipinski definition) is 5. The average molecular weight is 402 g/mol. The second-order valence-corrected chi connectivity index (χ2v) is 7.63. The van der Waals surface area contributed by atoms with Gasteiger partial charge in [-0.3, -0.25) is 9.59 Å². The monoisotopic (exact) mass is 402 g/mol. The molecule has 0 saturated carbocycles. The van der Waals surface area contributed by atoms with Gasteiger partial charge in [-0.05, 0) is 25.5 Å². The van der Waals surface area contributed by atoms with Crippen LogP contribution in [-0.4, -0.2) is 52.7 Å². The van der Waals surface area contributed by atoms with Gasteiger partial charge in [0, 0.05) is 44.6 Å². The zero-order valence-corrected chi connectivity index (χ0v) is 17.3. The SMILES string of the molecule is Cc1nc2ccccc2nc1N1CCN(C(=O)CCCC(=O)c2ccccc2)CC1. The number of anilines is 1. The van der Waals surface area contributed by atoms with Crippen molar-refractivity contribution in [2.24, 2.45) is 0 Å². The number of nitrogens with zero attached hydrogens (tertiary/aromatic N) is 4. The first-order valence-corrected chi connectivity index (χ1v) is 10.5. The molecule has 0 N–H and O–H groups in total. The number of Topliss-reactive ketones (excluding diaryl/α,β-unsaturated/α-hetero) is 1. The molecule has 1 aliphatic heterocycles. The Morgan fingerprint density at radius 3 is 2.17 bits per heavy atom. The van der Waals surface area contributed by atoms with Gasteiger partial charge in [0.15, 0.2) is 11.6 Å². The van der Waals surface area contributed by atoms with E-state index in [0.717, 1.165) is 35.6 Å². The summed E-state index contributed by atoms with van der Waals surface area (Å²) in [5.41, 5.74) is 3.41. The highest BCUT2D eigenvalue weighted by molar-refractivity contribution is 5.96. The summed E-state index contributed by atoms with van der Waals surface area (Å²) in [4.78, 5) is 38.3. The lowest BCUT2D eigenvalue weighted by Crippen LogP contribution is -2.49. The molecule has 30 heavy (non-hydrogen) atoms. The van der Waals surface area contributed by atoms with Crippen molar-refractivity contribution >= 4 is 28.5 Å². The highest BCUT2D eigenvalue weighted by Crippen LogP contribution is 2.21. The van der Waals surface area contributed by atoms with Crippen LogP contribution in [0.1, 0.15) is 35.3 Å². The number of ketones is 1. The van der Waals surface area contributed by atoms with E-state index in [4.69, 9.17) is 4.98 Å². The molecule has 4 rings (SSSR count). The molecule has 1 amide bonds. The molecular weight excluding hydrogens is 376 g/mol. The minimum Gasteiger partial charge on any atom is -0.352 e. The van der Waals surface area contributed by atoms with Crippen LogP contribution in [0.3, 0.4) is 0 Å². The quantitative estimate of drug-likeness (QED) is 0.589. The van der Waals surface area contributed by atoms with Crippen LogP contribution in [0, 0.1) is 6.92 Å². The van der Waals surface area contributed by atoms with Crippen LogP contribution in [0.5, 0.6) is 0 Å². The summed E-state index contributed by atoms with van der Waals surface area (Å²) in [7, 11) is 0. The third kappa shape index (κ3) is 4.48. The van der Waals surface area contributed by atoms with Gasteiger partial charge in [0.25, 0.3) is 0 Å². The van der Waals surface area contributed by atoms with E-state index >= 15 is 0 Å². The summed E-state index contributed by atoms with van der Waals surface area (Å²) in [6.07, 6.45) is 1.40. The van der Waals surface area contributed by atoms with Crippen LogP contribution in [0.25, 0.3) is 11.0 Å². The lowest BCUT2D eigenvalue weighted by atomic mass is 10.1. The number of benzene rings is 2. The van der Waals surface area contributed by atoms with Gasteiger partial charge in [-0.1, -0.05) is 42.5 Å². The second-order valence-electron chi connectivity index (χ2n) is 7.63. The number of carbonyl (C=O) groups excluding carboxylic acids is 2. The first kappa shape index (κ1) is 20.0. The summed E-state index contributed by atoms with van der Waals surface area (Å²) in [5, 5.41) is 0. The Labute approximate surface area is 176 Å². The Hall–Kier alpha value is -3.28. The van der Waals surface area contributed by atoms with Crippen LogP contribution in [0.15, 0.2) is 54.6 Å². The number of rotatable bonds is 6. The van der Waals surface area contributed by atoms with E-state index in [-0.39, 0.29) is 11.7 Å². The third-order valence-corrected chi connectivity index (χ3v) is 5.54. The Bertz CT molecular complexity index is 1040. The molecule has 0 atom stereocenters. The molecule has 154 valence electrons. The fourth-order valence-electron chi connectivity index (χ4n) is 3.87. The predicted molar refractivity (Wildman–Crippen MR) is 118 cm³/mol. The predicted octanol–water partition coefficient (Wildman–Crippen LogP) is 3.64. The molecule has 0 radical (unpaired) electrons. The zero-order valence-electron chi connectivity index (χ0n) is 17.3. The molecule has 6 nitrogen and oxygen atoms in total. The zero-order chi connectivity index (χ0) is 20.9. The number of fused-ring (bicyclic) bond motifs is 1. The number of aromatic nitrogens is 2. The van der Waals surface area contributed by atoms with Gasteiger partial charge in [-0.15, -0.1) is 0 Å². The summed E-state index contributed by atoms with van der Waals surface area (Å²) < 4.78 is 0. The lowest BCUT2D eigenvalue weighted by Gasteiger charge is -2.36. The fourth-order valence-corrected chi connectivity index (χ4v) is 3.87. The van der Waals surface area contributed by atoms with Crippen LogP contribution < -0.4 is 4.90 Å². The van der Waals surface area contributed by atoms with E-state index in [1.165, 1.54) is 0 Å². The molecule has 1 aliphatic rings. The molecule has 1 saturated heterocycles. The molecule has 2 aromatic carbocycles. The van der Waals surface area contributed by atoms with Gasteiger partial charge in [0.05, 0.1) is 16.7 Å². The van der Waals surface area contributed by atoms with Crippen molar-refractivity contribution in [3.05, 3.63) is 65.9 Å². The molecule has 6 heteroatoms. The Balaban J connectivity index is 1.28. The lowest BCUT2D eigenvalue weighted by molar-refractivity contribution is -0.131. The maximum Gasteiger partial charge on any atom is 0.222 e. The molecule has 2 heterocycles. The van der Waals surface area contributed by atoms with E-state index in [1.54, 1.807) is 0 Å². The van der Waals surface area contributed by atoms with E-state index < -0.39 is 0 Å². The third-order valence-electron chi connectivity index (χ3n) is 5.54. The Morgan fingerprint density at radius 1 is 0.833 bits per heavy atom.